The van der Waals surface area contributed by atoms with E-state index in [4.69, 9.17) is 0 Å². The summed E-state index contributed by atoms with van der Waals surface area (Å²) in [6.45, 7) is 11.6. The van der Waals surface area contributed by atoms with Crippen molar-refractivity contribution in [3.05, 3.63) is 11.1 Å². The highest BCUT2D eigenvalue weighted by atomic mass is 14.4. The van der Waals surface area contributed by atoms with Crippen molar-refractivity contribution in [2.24, 2.45) is 11.3 Å². The molecule has 0 nitrogen and oxygen atoms in total. The third-order valence-electron chi connectivity index (χ3n) is 3.45. The Bertz CT molecular complexity index is 172. The summed E-state index contributed by atoms with van der Waals surface area (Å²) in [4.78, 5) is 0. The van der Waals surface area contributed by atoms with Crippen LogP contribution in [0.15, 0.2) is 11.1 Å². The van der Waals surface area contributed by atoms with Crippen LogP contribution >= 0.6 is 0 Å². The van der Waals surface area contributed by atoms with E-state index in [-0.39, 0.29) is 0 Å². The van der Waals surface area contributed by atoms with E-state index < -0.39 is 0 Å². The van der Waals surface area contributed by atoms with E-state index in [0.29, 0.717) is 5.41 Å². The molecule has 1 aliphatic carbocycles. The van der Waals surface area contributed by atoms with Crippen molar-refractivity contribution < 1.29 is 0 Å². The Morgan fingerprint density at radius 2 is 1.80 bits per heavy atom. The first-order chi connectivity index (χ1) is 4.46. The van der Waals surface area contributed by atoms with Gasteiger partial charge in [0.25, 0.3) is 0 Å². The van der Waals surface area contributed by atoms with E-state index in [1.165, 1.54) is 6.42 Å². The Hall–Kier alpha value is -0.260. The maximum atomic E-state index is 2.35. The van der Waals surface area contributed by atoms with E-state index in [1.807, 2.05) is 0 Å². The van der Waals surface area contributed by atoms with Crippen LogP contribution in [-0.2, 0) is 0 Å². The largest absolute Gasteiger partial charge is 0.0736 e. The smallest absolute Gasteiger partial charge is 0.0116 e. The Kier molecular flexibility index (Phi) is 1.66. The zero-order valence-electron chi connectivity index (χ0n) is 7.78. The molecule has 1 unspecified atom stereocenters. The van der Waals surface area contributed by atoms with Gasteiger partial charge < -0.3 is 0 Å². The predicted octanol–water partition coefficient (Wildman–Crippen LogP) is 3.39. The first-order valence-electron chi connectivity index (χ1n) is 4.13. The normalized spacial score (nSPS) is 31.5. The van der Waals surface area contributed by atoms with Crippen LogP contribution in [0, 0.1) is 11.3 Å². The minimum Gasteiger partial charge on any atom is -0.0736 e. The highest BCUT2D eigenvalue weighted by Crippen LogP contribution is 2.45. The van der Waals surface area contributed by atoms with Crippen LogP contribution in [-0.4, -0.2) is 0 Å². The molecule has 0 amide bonds. The van der Waals surface area contributed by atoms with Crippen molar-refractivity contribution in [3.8, 4) is 0 Å². The van der Waals surface area contributed by atoms with E-state index in [2.05, 4.69) is 34.6 Å². The average Bonchev–Trinajstić information content (AvgIpc) is 1.97. The fourth-order valence-corrected chi connectivity index (χ4v) is 1.79. The maximum absolute atomic E-state index is 2.35. The summed E-state index contributed by atoms with van der Waals surface area (Å²) < 4.78 is 0. The molecule has 0 saturated carbocycles. The Labute approximate surface area is 64.3 Å². The lowest BCUT2D eigenvalue weighted by Gasteiger charge is -2.26. The first kappa shape index (κ1) is 7.84. The van der Waals surface area contributed by atoms with Gasteiger partial charge in [0.05, 0.1) is 0 Å². The lowest BCUT2D eigenvalue weighted by Crippen LogP contribution is -2.16. The van der Waals surface area contributed by atoms with E-state index in [1.54, 1.807) is 11.1 Å². The molecule has 58 valence electrons. The zero-order chi connectivity index (χ0) is 7.94. The molecule has 0 aromatic rings. The molecule has 1 rings (SSSR count). The zero-order valence-corrected chi connectivity index (χ0v) is 7.78. The first-order valence-corrected chi connectivity index (χ1v) is 4.13. The summed E-state index contributed by atoms with van der Waals surface area (Å²) >= 11 is 0. The van der Waals surface area contributed by atoms with Gasteiger partial charge in [0.2, 0.25) is 0 Å². The topological polar surface area (TPSA) is 0 Å². The third-order valence-corrected chi connectivity index (χ3v) is 3.45. The van der Waals surface area contributed by atoms with Gasteiger partial charge in [-0.1, -0.05) is 31.9 Å². The summed E-state index contributed by atoms with van der Waals surface area (Å²) in [5, 5.41) is 0. The van der Waals surface area contributed by atoms with Crippen LogP contribution in [0.25, 0.3) is 0 Å². The molecule has 0 saturated heterocycles. The predicted molar refractivity (Wildman–Crippen MR) is 45.9 cm³/mol. The van der Waals surface area contributed by atoms with Gasteiger partial charge in [0, 0.05) is 0 Å². The third kappa shape index (κ3) is 0.902. The molecule has 0 fully saturated rings. The molecule has 0 aliphatic heterocycles. The van der Waals surface area contributed by atoms with Crippen LogP contribution in [0.2, 0.25) is 0 Å². The van der Waals surface area contributed by atoms with Gasteiger partial charge in [-0.25, -0.2) is 0 Å². The van der Waals surface area contributed by atoms with Crippen LogP contribution in [0.5, 0.6) is 0 Å². The number of allylic oxidation sites excluding steroid dienone is 2. The fourth-order valence-electron chi connectivity index (χ4n) is 1.79. The molecular weight excluding hydrogens is 120 g/mol. The standard InChI is InChI=1S/C10H18/c1-7-6-8(2)10(4,5)9(7)3/h8H,6H2,1-5H3. The van der Waals surface area contributed by atoms with Crippen LogP contribution in [0.1, 0.15) is 41.0 Å². The number of rotatable bonds is 0. The van der Waals surface area contributed by atoms with Crippen molar-refractivity contribution in [1.29, 1.82) is 0 Å². The molecule has 0 heteroatoms. The van der Waals surface area contributed by atoms with Gasteiger partial charge >= 0.3 is 0 Å². The number of hydrogen-bond donors (Lipinski definition) is 0. The second-order valence-electron chi connectivity index (χ2n) is 4.23. The Morgan fingerprint density at radius 3 is 1.90 bits per heavy atom. The monoisotopic (exact) mass is 138 g/mol. The minimum absolute atomic E-state index is 0.462. The van der Waals surface area contributed by atoms with E-state index in [0.717, 1.165) is 5.92 Å². The Morgan fingerprint density at radius 1 is 1.30 bits per heavy atom. The molecule has 1 aliphatic rings. The van der Waals surface area contributed by atoms with Gasteiger partial charge in [0.1, 0.15) is 0 Å². The van der Waals surface area contributed by atoms with E-state index >= 15 is 0 Å². The Balaban J connectivity index is 2.94. The maximum Gasteiger partial charge on any atom is -0.0116 e. The molecule has 0 N–H and O–H groups in total. The van der Waals surface area contributed by atoms with E-state index in [9.17, 15) is 0 Å². The van der Waals surface area contributed by atoms with Crippen LogP contribution in [0.4, 0.5) is 0 Å². The van der Waals surface area contributed by atoms with Gasteiger partial charge in [-0.15, -0.1) is 0 Å². The van der Waals surface area contributed by atoms with Crippen molar-refractivity contribution in [2.75, 3.05) is 0 Å². The molecule has 1 atom stereocenters. The van der Waals surface area contributed by atoms with Gasteiger partial charge in [0.15, 0.2) is 0 Å². The van der Waals surface area contributed by atoms with Gasteiger partial charge in [-0.3, -0.25) is 0 Å². The molecule has 0 aromatic heterocycles. The lowest BCUT2D eigenvalue weighted by atomic mass is 9.79. The molecule has 0 heterocycles. The van der Waals surface area contributed by atoms with Crippen molar-refractivity contribution in [1.82, 2.24) is 0 Å². The molecular formula is C10H18. The van der Waals surface area contributed by atoms with Crippen LogP contribution < -0.4 is 0 Å². The molecule has 10 heavy (non-hydrogen) atoms. The van der Waals surface area contributed by atoms with Gasteiger partial charge in [-0.2, -0.15) is 0 Å². The quantitative estimate of drug-likeness (QED) is 0.450. The summed E-state index contributed by atoms with van der Waals surface area (Å²) in [7, 11) is 0. The highest BCUT2D eigenvalue weighted by Gasteiger charge is 2.34. The summed E-state index contributed by atoms with van der Waals surface area (Å²) in [5.74, 6) is 0.840. The van der Waals surface area contributed by atoms with Crippen LogP contribution in [0.3, 0.4) is 0 Å². The summed E-state index contributed by atoms with van der Waals surface area (Å²) in [6, 6.07) is 0. The minimum atomic E-state index is 0.462. The average molecular weight is 138 g/mol. The molecule has 0 spiro atoms. The molecule has 0 radical (unpaired) electrons. The van der Waals surface area contributed by atoms with Gasteiger partial charge in [-0.05, 0) is 31.6 Å². The second-order valence-corrected chi connectivity index (χ2v) is 4.23. The second kappa shape index (κ2) is 2.11. The van der Waals surface area contributed by atoms with Crippen molar-refractivity contribution in [2.45, 2.75) is 41.0 Å². The lowest BCUT2D eigenvalue weighted by molar-refractivity contribution is 0.316. The molecule has 0 aromatic carbocycles. The number of hydrogen-bond acceptors (Lipinski definition) is 0. The fraction of sp³-hybridized carbons (Fsp3) is 0.800. The summed E-state index contributed by atoms with van der Waals surface area (Å²) in [6.07, 6.45) is 1.30. The molecule has 0 bridgehead atoms. The highest BCUT2D eigenvalue weighted by molar-refractivity contribution is 5.24. The van der Waals surface area contributed by atoms with Crippen molar-refractivity contribution >= 4 is 0 Å². The van der Waals surface area contributed by atoms with Crippen molar-refractivity contribution in [3.63, 3.8) is 0 Å². The SMILES string of the molecule is CC1=C(C)C(C)(C)C(C)C1. The summed E-state index contributed by atoms with van der Waals surface area (Å²) in [5.41, 5.74) is 3.68.